The Hall–Kier alpha value is -3.10. The fourth-order valence-electron chi connectivity index (χ4n) is 2.55. The van der Waals surface area contributed by atoms with Gasteiger partial charge in [0.05, 0.1) is 13.5 Å². The second-order valence-electron chi connectivity index (χ2n) is 6.10. The van der Waals surface area contributed by atoms with Gasteiger partial charge in [-0.3, -0.25) is 4.79 Å². The Kier molecular flexibility index (Phi) is 7.79. The van der Waals surface area contributed by atoms with Gasteiger partial charge in [-0.05, 0) is 17.2 Å². The van der Waals surface area contributed by atoms with Crippen LogP contribution in [-0.2, 0) is 22.6 Å². The molecule has 8 heteroatoms. The first kappa shape index (κ1) is 21.2. The molecule has 0 aliphatic heterocycles. The second kappa shape index (κ2) is 10.3. The van der Waals surface area contributed by atoms with Gasteiger partial charge in [-0.25, -0.2) is 4.79 Å². The quantitative estimate of drug-likeness (QED) is 0.514. The van der Waals surface area contributed by atoms with E-state index < -0.39 is 24.3 Å². The molecule has 0 fully saturated rings. The molecule has 0 aliphatic carbocycles. The molecule has 0 saturated heterocycles. The van der Waals surface area contributed by atoms with Crippen LogP contribution >= 0.6 is 0 Å². The molecule has 2 rings (SSSR count). The predicted octanol–water partition coefficient (Wildman–Crippen LogP) is 1.64. The first-order valence-corrected chi connectivity index (χ1v) is 8.60. The number of carboxylic acid groups (broad SMARTS) is 1. The van der Waals surface area contributed by atoms with Crippen molar-refractivity contribution >= 4 is 12.1 Å². The fraction of sp³-hybridized carbons (Fsp3) is 0.300. The maximum Gasteiger partial charge on any atom is 0.407 e. The summed E-state index contributed by atoms with van der Waals surface area (Å²) < 4.78 is 10.2. The molecule has 0 aliphatic rings. The fourth-order valence-corrected chi connectivity index (χ4v) is 2.55. The van der Waals surface area contributed by atoms with Crippen molar-refractivity contribution in [3.8, 4) is 5.75 Å². The molecular formula is C20H23NO7. The van der Waals surface area contributed by atoms with Crippen LogP contribution in [0.1, 0.15) is 22.8 Å². The molecule has 0 radical (unpaired) electrons. The minimum absolute atomic E-state index is 0.0908. The molecule has 2 unspecified atom stereocenters. The molecule has 8 nitrogen and oxygen atoms in total. The van der Waals surface area contributed by atoms with Crippen molar-refractivity contribution in [2.24, 2.45) is 0 Å². The molecule has 0 saturated carbocycles. The van der Waals surface area contributed by atoms with E-state index in [1.807, 2.05) is 30.3 Å². The Bertz CT molecular complexity index is 794. The zero-order chi connectivity index (χ0) is 20.5. The average molecular weight is 389 g/mol. The number of carbonyl (C=O) groups is 2. The summed E-state index contributed by atoms with van der Waals surface area (Å²) >= 11 is 0. The van der Waals surface area contributed by atoms with Gasteiger partial charge in [0.2, 0.25) is 0 Å². The van der Waals surface area contributed by atoms with E-state index in [0.717, 1.165) is 5.56 Å². The van der Waals surface area contributed by atoms with E-state index in [9.17, 15) is 19.8 Å². The number of alkyl carbamates (subject to hydrolysis) is 1. The molecule has 2 aromatic carbocycles. The normalized spacial score (nSPS) is 12.7. The Morgan fingerprint density at radius 2 is 1.82 bits per heavy atom. The standard InChI is InChI=1S/C20H23NO7/c1-27-17-9-15(8-7-14(17)10-18(23)24)19(25)16(22)11-21-20(26)28-12-13-5-3-2-4-6-13/h2-9,16,19,22,25H,10-12H2,1H3,(H,21,26)(H,23,24). The summed E-state index contributed by atoms with van der Waals surface area (Å²) in [5.74, 6) is -0.716. The Morgan fingerprint density at radius 1 is 1.11 bits per heavy atom. The van der Waals surface area contributed by atoms with Gasteiger partial charge >= 0.3 is 12.1 Å². The highest BCUT2D eigenvalue weighted by Gasteiger charge is 2.21. The maximum atomic E-state index is 11.7. The van der Waals surface area contributed by atoms with Gasteiger partial charge in [-0.2, -0.15) is 0 Å². The van der Waals surface area contributed by atoms with Gasteiger partial charge in [0.15, 0.2) is 0 Å². The highest BCUT2D eigenvalue weighted by Crippen LogP contribution is 2.26. The van der Waals surface area contributed by atoms with E-state index in [1.165, 1.54) is 25.3 Å². The molecular weight excluding hydrogens is 366 g/mol. The molecule has 0 bridgehead atoms. The monoisotopic (exact) mass is 389 g/mol. The minimum atomic E-state index is -1.30. The number of nitrogens with one attached hydrogen (secondary N) is 1. The van der Waals surface area contributed by atoms with Crippen molar-refractivity contribution in [1.29, 1.82) is 0 Å². The lowest BCUT2D eigenvalue weighted by Gasteiger charge is -2.20. The van der Waals surface area contributed by atoms with Crippen LogP contribution in [0.2, 0.25) is 0 Å². The van der Waals surface area contributed by atoms with Crippen molar-refractivity contribution in [1.82, 2.24) is 5.32 Å². The number of benzene rings is 2. The van der Waals surface area contributed by atoms with E-state index in [2.05, 4.69) is 5.32 Å². The minimum Gasteiger partial charge on any atom is -0.496 e. The summed E-state index contributed by atoms with van der Waals surface area (Å²) in [5.41, 5.74) is 1.60. The zero-order valence-corrected chi connectivity index (χ0v) is 15.4. The van der Waals surface area contributed by atoms with Crippen LogP contribution in [0.5, 0.6) is 5.75 Å². The van der Waals surface area contributed by atoms with Crippen molar-refractivity contribution in [3.05, 3.63) is 65.2 Å². The summed E-state index contributed by atoms with van der Waals surface area (Å²) in [6.07, 6.45) is -3.54. The lowest BCUT2D eigenvalue weighted by Crippen LogP contribution is -2.35. The molecule has 2 atom stereocenters. The highest BCUT2D eigenvalue weighted by atomic mass is 16.5. The second-order valence-corrected chi connectivity index (χ2v) is 6.10. The largest absolute Gasteiger partial charge is 0.496 e. The number of carboxylic acids is 1. The molecule has 0 aromatic heterocycles. The zero-order valence-electron chi connectivity index (χ0n) is 15.4. The van der Waals surface area contributed by atoms with Gasteiger partial charge in [0, 0.05) is 12.1 Å². The topological polar surface area (TPSA) is 125 Å². The van der Waals surface area contributed by atoms with Gasteiger partial charge in [0.25, 0.3) is 0 Å². The van der Waals surface area contributed by atoms with E-state index in [4.69, 9.17) is 14.6 Å². The van der Waals surface area contributed by atoms with Gasteiger partial charge in [-0.15, -0.1) is 0 Å². The summed E-state index contributed by atoms with van der Waals surface area (Å²) in [6, 6.07) is 13.6. The molecule has 28 heavy (non-hydrogen) atoms. The number of carbonyl (C=O) groups excluding carboxylic acids is 1. The number of aliphatic hydroxyl groups is 2. The predicted molar refractivity (Wildman–Crippen MR) is 99.9 cm³/mol. The lowest BCUT2D eigenvalue weighted by atomic mass is 10.0. The summed E-state index contributed by atoms with van der Waals surface area (Å²) in [6.45, 7) is -0.137. The molecule has 150 valence electrons. The van der Waals surface area contributed by atoms with E-state index in [-0.39, 0.29) is 19.6 Å². The number of hydrogen-bond donors (Lipinski definition) is 4. The van der Waals surface area contributed by atoms with Crippen molar-refractivity contribution in [2.75, 3.05) is 13.7 Å². The maximum absolute atomic E-state index is 11.7. The van der Waals surface area contributed by atoms with Crippen LogP contribution in [0.4, 0.5) is 4.79 Å². The summed E-state index contributed by atoms with van der Waals surface area (Å²) in [5, 5.41) is 31.7. The number of aliphatic carboxylic acids is 1. The van der Waals surface area contributed by atoms with Crippen LogP contribution in [-0.4, -0.2) is 47.1 Å². The molecule has 0 spiro atoms. The number of rotatable bonds is 9. The van der Waals surface area contributed by atoms with Crippen LogP contribution in [0.25, 0.3) is 0 Å². The Morgan fingerprint density at radius 3 is 2.46 bits per heavy atom. The smallest absolute Gasteiger partial charge is 0.407 e. The van der Waals surface area contributed by atoms with Crippen LogP contribution in [0.15, 0.2) is 48.5 Å². The van der Waals surface area contributed by atoms with Crippen molar-refractivity contribution in [2.45, 2.75) is 25.2 Å². The summed E-state index contributed by atoms with van der Waals surface area (Å²) in [7, 11) is 1.39. The van der Waals surface area contributed by atoms with Crippen molar-refractivity contribution < 1.29 is 34.4 Å². The first-order chi connectivity index (χ1) is 13.4. The Balaban J connectivity index is 1.88. The number of amides is 1. The van der Waals surface area contributed by atoms with Crippen LogP contribution in [0.3, 0.4) is 0 Å². The van der Waals surface area contributed by atoms with E-state index in [1.54, 1.807) is 0 Å². The van der Waals surface area contributed by atoms with Gasteiger partial charge < -0.3 is 30.1 Å². The third-order valence-electron chi connectivity index (χ3n) is 4.03. The van der Waals surface area contributed by atoms with E-state index in [0.29, 0.717) is 16.9 Å². The van der Waals surface area contributed by atoms with Crippen LogP contribution < -0.4 is 10.1 Å². The third kappa shape index (κ3) is 6.26. The van der Waals surface area contributed by atoms with Crippen molar-refractivity contribution in [3.63, 3.8) is 0 Å². The first-order valence-electron chi connectivity index (χ1n) is 8.60. The average Bonchev–Trinajstić information content (AvgIpc) is 2.70. The Labute approximate surface area is 162 Å². The SMILES string of the molecule is COc1cc(C(O)C(O)CNC(=O)OCc2ccccc2)ccc1CC(=O)O. The van der Waals surface area contributed by atoms with Gasteiger partial charge in [-0.1, -0.05) is 42.5 Å². The number of methoxy groups -OCH3 is 1. The van der Waals surface area contributed by atoms with Gasteiger partial charge in [0.1, 0.15) is 24.6 Å². The lowest BCUT2D eigenvalue weighted by molar-refractivity contribution is -0.136. The molecule has 4 N–H and O–H groups in total. The molecule has 2 aromatic rings. The molecule has 1 amide bonds. The number of hydrogen-bond acceptors (Lipinski definition) is 6. The van der Waals surface area contributed by atoms with Crippen LogP contribution in [0, 0.1) is 0 Å². The highest BCUT2D eigenvalue weighted by molar-refractivity contribution is 5.71. The summed E-state index contributed by atoms with van der Waals surface area (Å²) in [4.78, 5) is 22.6. The number of ether oxygens (including phenoxy) is 2. The van der Waals surface area contributed by atoms with E-state index >= 15 is 0 Å². The third-order valence-corrected chi connectivity index (χ3v) is 4.03. The number of aliphatic hydroxyl groups excluding tert-OH is 2. The molecule has 0 heterocycles.